The molecule has 2 heterocycles. The van der Waals surface area contributed by atoms with E-state index in [1.165, 1.54) is 49.3 Å². The second-order valence-electron chi connectivity index (χ2n) is 8.60. The van der Waals surface area contributed by atoms with Gasteiger partial charge in [-0.05, 0) is 74.2 Å². The van der Waals surface area contributed by atoms with Crippen LogP contribution in [-0.4, -0.2) is 43.1 Å². The molecule has 1 fully saturated rings. The van der Waals surface area contributed by atoms with E-state index in [-0.39, 0.29) is 35.4 Å². The number of rotatable bonds is 6. The van der Waals surface area contributed by atoms with Crippen LogP contribution in [0.15, 0.2) is 73.6 Å². The van der Waals surface area contributed by atoms with Gasteiger partial charge in [-0.3, -0.25) is 13.9 Å². The van der Waals surface area contributed by atoms with E-state index in [0.717, 1.165) is 0 Å². The Hall–Kier alpha value is -4.34. The van der Waals surface area contributed by atoms with Gasteiger partial charge in [0, 0.05) is 17.4 Å². The molecule has 8 nitrogen and oxygen atoms in total. The lowest BCUT2D eigenvalue weighted by Crippen LogP contribution is -2.40. The molecule has 36 heavy (non-hydrogen) atoms. The van der Waals surface area contributed by atoms with Crippen molar-refractivity contribution in [1.82, 2.24) is 24.4 Å². The molecule has 0 spiro atoms. The van der Waals surface area contributed by atoms with E-state index in [2.05, 4.69) is 15.3 Å². The van der Waals surface area contributed by atoms with Crippen LogP contribution < -0.4 is 5.32 Å². The smallest absolute Gasteiger partial charge is 0.357 e. The number of hydrogen-bond acceptors (Lipinski definition) is 5. The van der Waals surface area contributed by atoms with Crippen molar-refractivity contribution in [3.63, 3.8) is 0 Å². The molecule has 5 rings (SSSR count). The van der Waals surface area contributed by atoms with Crippen LogP contribution in [0.25, 0.3) is 11.4 Å². The Morgan fingerprint density at radius 1 is 0.778 bits per heavy atom. The van der Waals surface area contributed by atoms with Gasteiger partial charge in [-0.1, -0.05) is 0 Å². The van der Waals surface area contributed by atoms with Crippen LogP contribution in [0.5, 0.6) is 0 Å². The van der Waals surface area contributed by atoms with Gasteiger partial charge in [-0.25, -0.2) is 23.5 Å². The monoisotopic (exact) mass is 491 g/mol. The van der Waals surface area contributed by atoms with Crippen molar-refractivity contribution in [2.75, 3.05) is 0 Å². The molecule has 1 saturated carbocycles. The van der Waals surface area contributed by atoms with Gasteiger partial charge in [-0.15, -0.1) is 0 Å². The number of benzene rings is 2. The van der Waals surface area contributed by atoms with Crippen LogP contribution in [0.1, 0.15) is 46.7 Å². The Balaban J connectivity index is 1.16. The molecule has 0 atom stereocenters. The van der Waals surface area contributed by atoms with Gasteiger partial charge in [0.25, 0.3) is 5.91 Å². The lowest BCUT2D eigenvalue weighted by Gasteiger charge is -2.29. The van der Waals surface area contributed by atoms with Gasteiger partial charge in [0.1, 0.15) is 23.4 Å². The van der Waals surface area contributed by atoms with Crippen LogP contribution in [0.4, 0.5) is 8.78 Å². The first-order chi connectivity index (χ1) is 17.5. The zero-order valence-electron chi connectivity index (χ0n) is 19.2. The maximum absolute atomic E-state index is 13.2. The molecular formula is C26H23F2N5O3. The van der Waals surface area contributed by atoms with E-state index in [4.69, 9.17) is 4.74 Å². The van der Waals surface area contributed by atoms with Crippen LogP contribution in [0.3, 0.4) is 0 Å². The van der Waals surface area contributed by atoms with Gasteiger partial charge in [0.2, 0.25) is 0 Å². The van der Waals surface area contributed by atoms with E-state index >= 15 is 0 Å². The highest BCUT2D eigenvalue weighted by molar-refractivity contribution is 5.93. The fourth-order valence-corrected chi connectivity index (χ4v) is 4.32. The number of carbonyl (C=O) groups excluding carboxylic acids is 2. The zero-order valence-corrected chi connectivity index (χ0v) is 19.2. The number of ether oxygens (including phenoxy) is 1. The van der Waals surface area contributed by atoms with E-state index in [0.29, 0.717) is 42.8 Å². The molecule has 0 aliphatic heterocycles. The van der Waals surface area contributed by atoms with E-state index in [1.54, 1.807) is 33.4 Å². The predicted molar refractivity (Wildman–Crippen MR) is 126 cm³/mol. The first-order valence-corrected chi connectivity index (χ1v) is 11.6. The zero-order chi connectivity index (χ0) is 25.1. The summed E-state index contributed by atoms with van der Waals surface area (Å²) >= 11 is 0. The summed E-state index contributed by atoms with van der Waals surface area (Å²) in [6, 6.07) is 11.5. The number of aromatic nitrogens is 4. The van der Waals surface area contributed by atoms with Crippen molar-refractivity contribution in [2.24, 2.45) is 0 Å². The van der Waals surface area contributed by atoms with Crippen molar-refractivity contribution >= 4 is 11.9 Å². The molecule has 0 unspecified atom stereocenters. The van der Waals surface area contributed by atoms with Crippen molar-refractivity contribution < 1.29 is 23.1 Å². The topological polar surface area (TPSA) is 91.0 Å². The molecule has 1 amide bonds. The van der Waals surface area contributed by atoms with Crippen molar-refractivity contribution in [2.45, 2.75) is 37.8 Å². The maximum atomic E-state index is 13.2. The van der Waals surface area contributed by atoms with Crippen molar-refractivity contribution in [1.29, 1.82) is 0 Å². The fraction of sp³-hybridized carbons (Fsp3) is 0.231. The summed E-state index contributed by atoms with van der Waals surface area (Å²) in [7, 11) is 0. The number of imidazole rings is 2. The number of amides is 1. The molecule has 1 N–H and O–H groups in total. The summed E-state index contributed by atoms with van der Waals surface area (Å²) < 4.78 is 35.3. The molecule has 1 aliphatic carbocycles. The number of carbonyl (C=O) groups is 2. The minimum Gasteiger partial charge on any atom is -0.458 e. The standard InChI is InChI=1S/C26H23F2N5O3/c27-17-1-7-20(8-2-17)32-15-29-13-23(32)25(34)31-19-5-11-22(12-6-19)36-26(35)24-14-30-16-33(24)21-9-3-18(28)4-10-21/h1-4,7-10,13-16,19,22H,5-6,11-12H2,(H,31,34). The van der Waals surface area contributed by atoms with Gasteiger partial charge >= 0.3 is 5.97 Å². The van der Waals surface area contributed by atoms with Crippen LogP contribution in [0, 0.1) is 11.6 Å². The molecule has 184 valence electrons. The molecule has 10 heteroatoms. The Labute approximate surface area is 205 Å². The molecule has 2 aromatic heterocycles. The van der Waals surface area contributed by atoms with Crippen LogP contribution in [0.2, 0.25) is 0 Å². The SMILES string of the molecule is O=C(NC1CCC(OC(=O)c2cncn2-c2ccc(F)cc2)CC1)c1cncn1-c1ccc(F)cc1. The number of esters is 1. The van der Waals surface area contributed by atoms with E-state index < -0.39 is 5.97 Å². The Bertz CT molecular complexity index is 1250. The van der Waals surface area contributed by atoms with E-state index in [1.807, 2.05) is 0 Å². The van der Waals surface area contributed by atoms with Crippen LogP contribution in [-0.2, 0) is 4.74 Å². The number of nitrogens with one attached hydrogen (secondary N) is 1. The molecule has 2 aromatic carbocycles. The highest BCUT2D eigenvalue weighted by atomic mass is 19.1. The molecule has 0 radical (unpaired) electrons. The fourth-order valence-electron chi connectivity index (χ4n) is 4.32. The van der Waals surface area contributed by atoms with Crippen LogP contribution >= 0.6 is 0 Å². The lowest BCUT2D eigenvalue weighted by molar-refractivity contribution is 0.0175. The molecular weight excluding hydrogens is 468 g/mol. The second-order valence-corrected chi connectivity index (χ2v) is 8.60. The quantitative estimate of drug-likeness (QED) is 0.408. The largest absolute Gasteiger partial charge is 0.458 e. The number of nitrogens with zero attached hydrogens (tertiary/aromatic N) is 4. The highest BCUT2D eigenvalue weighted by Crippen LogP contribution is 2.24. The number of halogens is 2. The average molecular weight is 491 g/mol. The van der Waals surface area contributed by atoms with Gasteiger partial charge in [-0.2, -0.15) is 0 Å². The third kappa shape index (κ3) is 5.02. The molecule has 0 bridgehead atoms. The Morgan fingerprint density at radius 3 is 1.83 bits per heavy atom. The molecule has 0 saturated heterocycles. The summed E-state index contributed by atoms with van der Waals surface area (Å²) in [5.74, 6) is -1.51. The minimum absolute atomic E-state index is 0.0752. The summed E-state index contributed by atoms with van der Waals surface area (Å²) in [6.07, 6.45) is 8.07. The van der Waals surface area contributed by atoms with Gasteiger partial charge < -0.3 is 10.1 Å². The van der Waals surface area contributed by atoms with Crippen molar-refractivity contribution in [3.05, 3.63) is 96.6 Å². The normalized spacial score (nSPS) is 17.5. The first kappa shape index (κ1) is 23.4. The molecule has 1 aliphatic rings. The number of hydrogen-bond donors (Lipinski definition) is 1. The van der Waals surface area contributed by atoms with E-state index in [9.17, 15) is 18.4 Å². The minimum atomic E-state index is -0.507. The highest BCUT2D eigenvalue weighted by Gasteiger charge is 2.27. The first-order valence-electron chi connectivity index (χ1n) is 11.6. The van der Waals surface area contributed by atoms with Gasteiger partial charge in [0.05, 0.1) is 25.0 Å². The summed E-state index contributed by atoms with van der Waals surface area (Å²) in [4.78, 5) is 33.8. The maximum Gasteiger partial charge on any atom is 0.357 e. The lowest BCUT2D eigenvalue weighted by atomic mass is 9.93. The average Bonchev–Trinajstić information content (AvgIpc) is 3.57. The third-order valence-electron chi connectivity index (χ3n) is 6.21. The van der Waals surface area contributed by atoms with Crippen molar-refractivity contribution in [3.8, 4) is 11.4 Å². The third-order valence-corrected chi connectivity index (χ3v) is 6.21. The summed E-state index contributed by atoms with van der Waals surface area (Å²) in [6.45, 7) is 0. The second kappa shape index (κ2) is 10.1. The van der Waals surface area contributed by atoms with Gasteiger partial charge in [0.15, 0.2) is 5.69 Å². The Morgan fingerprint density at radius 2 is 1.28 bits per heavy atom. The molecule has 4 aromatic rings. The predicted octanol–water partition coefficient (Wildman–Crippen LogP) is 4.23. The summed E-state index contributed by atoms with van der Waals surface area (Å²) in [5.41, 5.74) is 1.84. The summed E-state index contributed by atoms with van der Waals surface area (Å²) in [5, 5.41) is 3.02. The Kier molecular flexibility index (Phi) is 6.57.